The van der Waals surface area contributed by atoms with Crippen molar-refractivity contribution < 1.29 is 9.53 Å². The lowest BCUT2D eigenvalue weighted by Crippen LogP contribution is -2.38. The molecule has 0 aliphatic heterocycles. The SMILES string of the molecule is NC1CCCCC1C(=O)OCc1ccc(Br)cc1. The summed E-state index contributed by atoms with van der Waals surface area (Å²) in [5.74, 6) is -0.265. The predicted octanol–water partition coefficient (Wildman–Crippen LogP) is 3.01. The van der Waals surface area contributed by atoms with Gasteiger partial charge in [-0.05, 0) is 30.5 Å². The van der Waals surface area contributed by atoms with Gasteiger partial charge in [-0.15, -0.1) is 0 Å². The lowest BCUT2D eigenvalue weighted by molar-refractivity contribution is -0.151. The molecule has 3 nitrogen and oxygen atoms in total. The fraction of sp³-hybridized carbons (Fsp3) is 0.500. The molecule has 0 radical (unpaired) electrons. The molecule has 1 saturated carbocycles. The van der Waals surface area contributed by atoms with Crippen molar-refractivity contribution in [3.63, 3.8) is 0 Å². The minimum Gasteiger partial charge on any atom is -0.461 e. The van der Waals surface area contributed by atoms with Gasteiger partial charge in [0.2, 0.25) is 0 Å². The monoisotopic (exact) mass is 311 g/mol. The standard InChI is InChI=1S/C14H18BrNO2/c15-11-7-5-10(6-8-11)9-18-14(17)12-3-1-2-4-13(12)16/h5-8,12-13H,1-4,9,16H2. The van der Waals surface area contributed by atoms with Gasteiger partial charge in [-0.25, -0.2) is 0 Å². The fourth-order valence-electron chi connectivity index (χ4n) is 2.29. The van der Waals surface area contributed by atoms with E-state index in [-0.39, 0.29) is 17.9 Å². The maximum atomic E-state index is 11.9. The molecule has 0 aromatic heterocycles. The summed E-state index contributed by atoms with van der Waals surface area (Å²) in [4.78, 5) is 11.9. The Morgan fingerprint density at radius 3 is 2.61 bits per heavy atom. The maximum Gasteiger partial charge on any atom is 0.310 e. The van der Waals surface area contributed by atoms with E-state index in [1.165, 1.54) is 0 Å². The Morgan fingerprint density at radius 2 is 1.94 bits per heavy atom. The van der Waals surface area contributed by atoms with Gasteiger partial charge in [-0.3, -0.25) is 4.79 Å². The van der Waals surface area contributed by atoms with Crippen LogP contribution in [-0.2, 0) is 16.1 Å². The summed E-state index contributed by atoms with van der Waals surface area (Å²) in [7, 11) is 0. The number of rotatable bonds is 3. The average molecular weight is 312 g/mol. The van der Waals surface area contributed by atoms with Crippen LogP contribution in [0.5, 0.6) is 0 Å². The van der Waals surface area contributed by atoms with Gasteiger partial charge < -0.3 is 10.5 Å². The van der Waals surface area contributed by atoms with Crippen LogP contribution in [0.2, 0.25) is 0 Å². The van der Waals surface area contributed by atoms with Crippen molar-refractivity contribution in [1.82, 2.24) is 0 Å². The van der Waals surface area contributed by atoms with Gasteiger partial charge in [0, 0.05) is 10.5 Å². The second-order valence-electron chi connectivity index (χ2n) is 4.79. The third-order valence-corrected chi connectivity index (χ3v) is 3.95. The second-order valence-corrected chi connectivity index (χ2v) is 5.70. The number of carbonyl (C=O) groups excluding carboxylic acids is 1. The van der Waals surface area contributed by atoms with Crippen molar-refractivity contribution >= 4 is 21.9 Å². The highest BCUT2D eigenvalue weighted by atomic mass is 79.9. The maximum absolute atomic E-state index is 11.9. The first kappa shape index (κ1) is 13.6. The Morgan fingerprint density at radius 1 is 1.28 bits per heavy atom. The van der Waals surface area contributed by atoms with E-state index in [1.54, 1.807) is 0 Å². The van der Waals surface area contributed by atoms with E-state index in [2.05, 4.69) is 15.9 Å². The number of carbonyl (C=O) groups is 1. The summed E-state index contributed by atoms with van der Waals surface area (Å²) in [6, 6.07) is 7.73. The Labute approximate surface area is 116 Å². The van der Waals surface area contributed by atoms with Crippen molar-refractivity contribution in [2.24, 2.45) is 11.7 Å². The van der Waals surface area contributed by atoms with Crippen LogP contribution in [0.15, 0.2) is 28.7 Å². The van der Waals surface area contributed by atoms with E-state index in [1.807, 2.05) is 24.3 Å². The van der Waals surface area contributed by atoms with Crippen LogP contribution in [0.1, 0.15) is 31.2 Å². The van der Waals surface area contributed by atoms with E-state index in [9.17, 15) is 4.79 Å². The highest BCUT2D eigenvalue weighted by molar-refractivity contribution is 9.10. The summed E-state index contributed by atoms with van der Waals surface area (Å²) >= 11 is 3.37. The van der Waals surface area contributed by atoms with E-state index < -0.39 is 0 Å². The lowest BCUT2D eigenvalue weighted by Gasteiger charge is -2.26. The average Bonchev–Trinajstić information content (AvgIpc) is 2.38. The van der Waals surface area contributed by atoms with Gasteiger partial charge in [0.05, 0.1) is 5.92 Å². The van der Waals surface area contributed by atoms with E-state index >= 15 is 0 Å². The summed E-state index contributed by atoms with van der Waals surface area (Å²) in [5.41, 5.74) is 6.96. The Kier molecular flexibility index (Phi) is 4.78. The van der Waals surface area contributed by atoms with Crippen molar-refractivity contribution in [3.05, 3.63) is 34.3 Å². The first-order chi connectivity index (χ1) is 8.66. The van der Waals surface area contributed by atoms with Crippen LogP contribution < -0.4 is 5.73 Å². The molecule has 0 heterocycles. The fourth-order valence-corrected chi connectivity index (χ4v) is 2.56. The zero-order valence-electron chi connectivity index (χ0n) is 10.3. The van der Waals surface area contributed by atoms with Gasteiger partial charge in [0.1, 0.15) is 6.61 Å². The van der Waals surface area contributed by atoms with Crippen LogP contribution in [0.3, 0.4) is 0 Å². The molecule has 0 amide bonds. The molecule has 1 fully saturated rings. The molecule has 0 bridgehead atoms. The van der Waals surface area contributed by atoms with Crippen LogP contribution in [0.25, 0.3) is 0 Å². The zero-order valence-corrected chi connectivity index (χ0v) is 11.9. The third-order valence-electron chi connectivity index (χ3n) is 3.42. The van der Waals surface area contributed by atoms with Crippen molar-refractivity contribution in [2.45, 2.75) is 38.3 Å². The van der Waals surface area contributed by atoms with Crippen molar-refractivity contribution in [3.8, 4) is 0 Å². The summed E-state index contributed by atoms with van der Waals surface area (Å²) in [6.07, 6.45) is 3.99. The molecule has 0 spiro atoms. The highest BCUT2D eigenvalue weighted by Crippen LogP contribution is 2.24. The lowest BCUT2D eigenvalue weighted by atomic mass is 9.85. The molecule has 2 rings (SSSR count). The normalized spacial score (nSPS) is 23.7. The predicted molar refractivity (Wildman–Crippen MR) is 73.9 cm³/mol. The highest BCUT2D eigenvalue weighted by Gasteiger charge is 2.29. The minimum absolute atomic E-state index is 0.0313. The molecule has 4 heteroatoms. The molecule has 0 saturated heterocycles. The van der Waals surface area contributed by atoms with Gasteiger partial charge in [0.25, 0.3) is 0 Å². The topological polar surface area (TPSA) is 52.3 Å². The molecule has 2 unspecified atom stereocenters. The number of esters is 1. The number of halogens is 1. The number of ether oxygens (including phenoxy) is 1. The molecular formula is C14H18BrNO2. The van der Waals surface area contributed by atoms with E-state index in [4.69, 9.17) is 10.5 Å². The van der Waals surface area contributed by atoms with E-state index in [0.717, 1.165) is 35.7 Å². The second kappa shape index (κ2) is 6.34. The van der Waals surface area contributed by atoms with Crippen molar-refractivity contribution in [1.29, 1.82) is 0 Å². The number of hydrogen-bond donors (Lipinski definition) is 1. The minimum atomic E-state index is -0.148. The largest absolute Gasteiger partial charge is 0.461 e. The quantitative estimate of drug-likeness (QED) is 0.873. The molecule has 1 aromatic carbocycles. The van der Waals surface area contributed by atoms with Crippen LogP contribution in [0, 0.1) is 5.92 Å². The molecule has 1 aliphatic carbocycles. The first-order valence-electron chi connectivity index (χ1n) is 6.33. The van der Waals surface area contributed by atoms with Crippen molar-refractivity contribution in [2.75, 3.05) is 0 Å². The Hall–Kier alpha value is -0.870. The molecule has 98 valence electrons. The van der Waals surface area contributed by atoms with Gasteiger partial charge in [0.15, 0.2) is 0 Å². The smallest absolute Gasteiger partial charge is 0.310 e. The number of nitrogens with two attached hydrogens (primary N) is 1. The molecule has 1 aromatic rings. The van der Waals surface area contributed by atoms with Crippen LogP contribution >= 0.6 is 15.9 Å². The summed E-state index contributed by atoms with van der Waals surface area (Å²) < 4.78 is 6.36. The Bertz CT molecular complexity index is 405. The first-order valence-corrected chi connectivity index (χ1v) is 7.13. The number of benzene rings is 1. The molecule has 1 aliphatic rings. The van der Waals surface area contributed by atoms with Crippen LogP contribution in [-0.4, -0.2) is 12.0 Å². The summed E-state index contributed by atoms with van der Waals surface area (Å²) in [5, 5.41) is 0. The van der Waals surface area contributed by atoms with Gasteiger partial charge in [-0.1, -0.05) is 40.9 Å². The molecule has 2 N–H and O–H groups in total. The molecular weight excluding hydrogens is 294 g/mol. The van der Waals surface area contributed by atoms with Crippen LogP contribution in [0.4, 0.5) is 0 Å². The van der Waals surface area contributed by atoms with Gasteiger partial charge >= 0.3 is 5.97 Å². The summed E-state index contributed by atoms with van der Waals surface area (Å²) in [6.45, 7) is 0.329. The van der Waals surface area contributed by atoms with E-state index in [0.29, 0.717) is 6.61 Å². The zero-order chi connectivity index (χ0) is 13.0. The molecule has 2 atom stereocenters. The van der Waals surface area contributed by atoms with Gasteiger partial charge in [-0.2, -0.15) is 0 Å². The molecule has 18 heavy (non-hydrogen) atoms. The third kappa shape index (κ3) is 3.56. The number of hydrogen-bond acceptors (Lipinski definition) is 3. The Balaban J connectivity index is 1.85.